The summed E-state index contributed by atoms with van der Waals surface area (Å²) in [7, 11) is 5.74. The fraction of sp³-hybridized carbons (Fsp3) is 0.667. The highest BCUT2D eigenvalue weighted by atomic mass is 16.7. The molecule has 2 amide bonds. The van der Waals surface area contributed by atoms with Crippen molar-refractivity contribution < 1.29 is 48.2 Å². The SMILES string of the molecule is COC1OC(CN)[C@@H](OC)[C@H](O)[C@@H]1N.COC1OC(CN)[C@@H](OC)[C@H](O)[C@@H]1N1C(=O)c2ccccc2C1=O. The smallest absolute Gasteiger partial charge is 0.262 e. The largest absolute Gasteiger partial charge is 0.388 e. The number of carbonyl (C=O) groups is 2. The zero-order chi connectivity index (χ0) is 28.1. The molecule has 4 rings (SSSR count). The minimum absolute atomic E-state index is 0.101. The lowest BCUT2D eigenvalue weighted by Gasteiger charge is -2.45. The molecular weight excluding hydrogens is 504 g/mol. The first-order valence-corrected chi connectivity index (χ1v) is 12.1. The lowest BCUT2D eigenvalue weighted by Crippen LogP contribution is -2.66. The fourth-order valence-electron chi connectivity index (χ4n) is 4.97. The number of amides is 2. The van der Waals surface area contributed by atoms with Crippen molar-refractivity contribution in [1.29, 1.82) is 0 Å². The third kappa shape index (κ3) is 5.61. The number of carbonyl (C=O) groups excluding carboxylic acids is 2. The Hall–Kier alpha value is -2.08. The fourth-order valence-corrected chi connectivity index (χ4v) is 4.97. The minimum atomic E-state index is -1.19. The Bertz CT molecular complexity index is 918. The van der Waals surface area contributed by atoms with E-state index in [1.54, 1.807) is 24.3 Å². The molecule has 1 aromatic carbocycles. The number of imide groups is 1. The average molecular weight is 543 g/mol. The van der Waals surface area contributed by atoms with Gasteiger partial charge < -0.3 is 55.8 Å². The molecule has 8 N–H and O–H groups in total. The van der Waals surface area contributed by atoms with Crippen LogP contribution in [0.5, 0.6) is 0 Å². The van der Waals surface area contributed by atoms with Crippen LogP contribution < -0.4 is 17.2 Å². The van der Waals surface area contributed by atoms with Crippen LogP contribution in [0.15, 0.2) is 24.3 Å². The van der Waals surface area contributed by atoms with Crippen molar-refractivity contribution in [3.8, 4) is 0 Å². The van der Waals surface area contributed by atoms with Gasteiger partial charge in [-0.25, -0.2) is 0 Å². The first kappa shape index (κ1) is 30.5. The number of aliphatic hydroxyl groups excluding tert-OH is 2. The van der Waals surface area contributed by atoms with E-state index in [1.807, 2.05) is 0 Å². The Kier molecular flexibility index (Phi) is 10.7. The summed E-state index contributed by atoms with van der Waals surface area (Å²) in [5.41, 5.74) is 17.4. The molecule has 214 valence electrons. The molecular formula is C24H38N4O10. The van der Waals surface area contributed by atoms with Gasteiger partial charge >= 0.3 is 0 Å². The van der Waals surface area contributed by atoms with E-state index in [9.17, 15) is 19.8 Å². The maximum absolute atomic E-state index is 12.7. The Morgan fingerprint density at radius 1 is 0.789 bits per heavy atom. The number of rotatable bonds is 7. The molecule has 4 unspecified atom stereocenters. The molecule has 0 radical (unpaired) electrons. The van der Waals surface area contributed by atoms with Crippen LogP contribution in [0, 0.1) is 0 Å². The van der Waals surface area contributed by atoms with Crippen LogP contribution in [0.4, 0.5) is 0 Å². The van der Waals surface area contributed by atoms with Crippen LogP contribution in [0.2, 0.25) is 0 Å². The van der Waals surface area contributed by atoms with Crippen LogP contribution in [-0.4, -0.2) is 130 Å². The van der Waals surface area contributed by atoms with Crippen molar-refractivity contribution in [2.45, 2.75) is 61.3 Å². The predicted octanol–water partition coefficient (Wildman–Crippen LogP) is -2.62. The second-order valence-electron chi connectivity index (χ2n) is 9.00. The van der Waals surface area contributed by atoms with Gasteiger partial charge in [0, 0.05) is 41.5 Å². The van der Waals surface area contributed by atoms with E-state index in [1.165, 1.54) is 28.4 Å². The number of hydrogen-bond acceptors (Lipinski definition) is 13. The zero-order valence-electron chi connectivity index (χ0n) is 21.8. The maximum atomic E-state index is 12.7. The summed E-state index contributed by atoms with van der Waals surface area (Å²) in [4.78, 5) is 26.3. The number of hydrogen-bond donors (Lipinski definition) is 5. The Morgan fingerprint density at radius 3 is 1.66 bits per heavy atom. The van der Waals surface area contributed by atoms with E-state index >= 15 is 0 Å². The van der Waals surface area contributed by atoms with Gasteiger partial charge in [0.25, 0.3) is 11.8 Å². The van der Waals surface area contributed by atoms with E-state index in [-0.39, 0.29) is 19.2 Å². The number of fused-ring (bicyclic) bond motifs is 1. The Labute approximate surface area is 220 Å². The highest BCUT2D eigenvalue weighted by Crippen LogP contribution is 2.33. The standard InChI is InChI=1S/C16H20N2O6.C8H18N2O4/c1-22-13-10(7-17)24-16(23-2)11(12(13)19)18-14(20)8-5-3-4-6-9(8)15(18)21;1-12-7-4(3-9)14-8(13-2)5(10)6(7)11/h3-6,10-13,16,19H,7,17H2,1-2H3;4-8,11H,3,9-10H2,1-2H3/t10?,11-,12+,13+,16?;4?,5-,6+,7+,8?/m00/s1. The van der Waals surface area contributed by atoms with Gasteiger partial charge in [0.1, 0.15) is 42.7 Å². The van der Waals surface area contributed by atoms with Crippen molar-refractivity contribution in [1.82, 2.24) is 4.90 Å². The normalized spacial score (nSPS) is 37.0. The van der Waals surface area contributed by atoms with E-state index in [0.29, 0.717) is 11.1 Å². The number of methoxy groups -OCH3 is 4. The zero-order valence-corrected chi connectivity index (χ0v) is 21.8. The third-order valence-corrected chi connectivity index (χ3v) is 6.96. The van der Waals surface area contributed by atoms with Gasteiger partial charge in [-0.1, -0.05) is 12.1 Å². The Morgan fingerprint density at radius 2 is 1.24 bits per heavy atom. The monoisotopic (exact) mass is 542 g/mol. The van der Waals surface area contributed by atoms with Crippen LogP contribution >= 0.6 is 0 Å². The number of aliphatic hydroxyl groups is 2. The van der Waals surface area contributed by atoms with Gasteiger partial charge in [-0.2, -0.15) is 0 Å². The van der Waals surface area contributed by atoms with Crippen molar-refractivity contribution in [3.63, 3.8) is 0 Å². The highest BCUT2D eigenvalue weighted by molar-refractivity contribution is 6.21. The molecule has 0 aromatic heterocycles. The van der Waals surface area contributed by atoms with Gasteiger partial charge in [0.15, 0.2) is 12.6 Å². The van der Waals surface area contributed by atoms with Gasteiger partial charge in [-0.15, -0.1) is 0 Å². The maximum Gasteiger partial charge on any atom is 0.262 e. The average Bonchev–Trinajstić information content (AvgIpc) is 3.19. The molecule has 0 saturated carbocycles. The Balaban J connectivity index is 0.000000244. The summed E-state index contributed by atoms with van der Waals surface area (Å²) in [6, 6.07) is 4.85. The van der Waals surface area contributed by atoms with Gasteiger partial charge in [0.05, 0.1) is 17.2 Å². The first-order valence-electron chi connectivity index (χ1n) is 12.1. The van der Waals surface area contributed by atoms with Crippen molar-refractivity contribution in [3.05, 3.63) is 35.4 Å². The topological polar surface area (TPSA) is 211 Å². The first-order chi connectivity index (χ1) is 18.2. The molecule has 2 fully saturated rings. The molecule has 2 saturated heterocycles. The molecule has 14 nitrogen and oxygen atoms in total. The van der Waals surface area contributed by atoms with Crippen molar-refractivity contribution in [2.24, 2.45) is 17.2 Å². The second-order valence-corrected chi connectivity index (χ2v) is 9.00. The molecule has 38 heavy (non-hydrogen) atoms. The molecule has 0 aliphatic carbocycles. The summed E-state index contributed by atoms with van der Waals surface area (Å²) >= 11 is 0. The lowest BCUT2D eigenvalue weighted by molar-refractivity contribution is -0.268. The van der Waals surface area contributed by atoms with Crippen LogP contribution in [-0.2, 0) is 28.4 Å². The molecule has 3 aliphatic rings. The van der Waals surface area contributed by atoms with E-state index < -0.39 is 67.0 Å². The van der Waals surface area contributed by atoms with E-state index in [4.69, 9.17) is 45.6 Å². The summed E-state index contributed by atoms with van der Waals surface area (Å²) in [5, 5.41) is 20.5. The highest BCUT2D eigenvalue weighted by Gasteiger charge is 2.53. The quantitative estimate of drug-likeness (QED) is 0.224. The van der Waals surface area contributed by atoms with Gasteiger partial charge in [0.2, 0.25) is 0 Å². The lowest BCUT2D eigenvalue weighted by atomic mass is 9.95. The number of benzene rings is 1. The number of nitrogens with two attached hydrogens (primary N) is 3. The van der Waals surface area contributed by atoms with E-state index in [0.717, 1.165) is 4.90 Å². The summed E-state index contributed by atoms with van der Waals surface area (Å²) in [5.74, 6) is -0.988. The van der Waals surface area contributed by atoms with Gasteiger partial charge in [-0.05, 0) is 12.1 Å². The predicted molar refractivity (Wildman–Crippen MR) is 132 cm³/mol. The molecule has 0 spiro atoms. The number of nitrogens with zero attached hydrogens (tertiary/aromatic N) is 1. The van der Waals surface area contributed by atoms with E-state index in [2.05, 4.69) is 0 Å². The number of ether oxygens (including phenoxy) is 6. The van der Waals surface area contributed by atoms with Gasteiger partial charge in [-0.3, -0.25) is 14.5 Å². The molecule has 10 atom stereocenters. The van der Waals surface area contributed by atoms with Crippen molar-refractivity contribution >= 4 is 11.8 Å². The summed E-state index contributed by atoms with van der Waals surface area (Å²) in [6.45, 7) is 0.354. The van der Waals surface area contributed by atoms with Crippen LogP contribution in [0.3, 0.4) is 0 Å². The minimum Gasteiger partial charge on any atom is -0.388 e. The molecule has 0 bridgehead atoms. The van der Waals surface area contributed by atoms with Crippen molar-refractivity contribution in [2.75, 3.05) is 41.5 Å². The molecule has 3 aliphatic heterocycles. The van der Waals surface area contributed by atoms with Crippen LogP contribution in [0.1, 0.15) is 20.7 Å². The molecule has 1 aromatic rings. The molecule has 14 heteroatoms. The van der Waals surface area contributed by atoms with Crippen LogP contribution in [0.25, 0.3) is 0 Å². The summed E-state index contributed by atoms with van der Waals surface area (Å²) in [6.07, 6.45) is -5.93. The molecule has 3 heterocycles. The summed E-state index contributed by atoms with van der Waals surface area (Å²) < 4.78 is 31.7. The third-order valence-electron chi connectivity index (χ3n) is 6.96. The second kappa shape index (κ2) is 13.3.